The minimum atomic E-state index is -2.61. The number of nitrogens with zero attached hydrogens (tertiary/aromatic N) is 2. The second kappa shape index (κ2) is 17.5. The Morgan fingerprint density at radius 3 is 1.95 bits per heavy atom. The van der Waals surface area contributed by atoms with E-state index in [1.165, 1.54) is 47.0 Å². The summed E-state index contributed by atoms with van der Waals surface area (Å²) in [7, 11) is -2.61. The van der Waals surface area contributed by atoms with Crippen molar-refractivity contribution in [1.82, 2.24) is 9.21 Å². The van der Waals surface area contributed by atoms with Crippen LogP contribution in [-0.2, 0) is 49.0 Å². The highest BCUT2D eigenvalue weighted by molar-refractivity contribution is 7.69. The van der Waals surface area contributed by atoms with E-state index >= 15 is 0 Å². The van der Waals surface area contributed by atoms with Gasteiger partial charge in [-0.15, -0.1) is 0 Å². The maximum absolute atomic E-state index is 12.0. The molecule has 1 aliphatic heterocycles. The molecular weight excluding hydrogens is 544 g/mol. The van der Waals surface area contributed by atoms with Crippen LogP contribution in [0.5, 0.6) is 0 Å². The summed E-state index contributed by atoms with van der Waals surface area (Å²) in [6, 6.07) is -0.626. The highest BCUT2D eigenvalue weighted by atomic mass is 32.2. The van der Waals surface area contributed by atoms with Crippen LogP contribution in [0.3, 0.4) is 0 Å². The monoisotopic (exact) mass is 590 g/mol. The third kappa shape index (κ3) is 12.1. The van der Waals surface area contributed by atoms with Crippen molar-refractivity contribution in [3.63, 3.8) is 0 Å². The van der Waals surface area contributed by atoms with Crippen LogP contribution in [0, 0.1) is 5.92 Å². The Balaban J connectivity index is 2.02. The van der Waals surface area contributed by atoms with Crippen molar-refractivity contribution in [2.45, 2.75) is 110 Å². The van der Waals surface area contributed by atoms with Crippen molar-refractivity contribution in [3.05, 3.63) is 0 Å². The second-order valence-electron chi connectivity index (χ2n) is 10.7. The molecule has 0 aromatic carbocycles. The van der Waals surface area contributed by atoms with Crippen molar-refractivity contribution >= 4 is 34.8 Å². The third-order valence-electron chi connectivity index (χ3n) is 7.37. The van der Waals surface area contributed by atoms with E-state index in [1.807, 2.05) is 4.90 Å². The minimum Gasteiger partial charge on any atom is -0.464 e. The fraction of sp³-hybridized carbons (Fsp3) is 0.852. The Morgan fingerprint density at radius 2 is 1.38 bits per heavy atom. The molecule has 4 atom stereocenters. The quantitative estimate of drug-likeness (QED) is 0.129. The van der Waals surface area contributed by atoms with Crippen molar-refractivity contribution < 1.29 is 46.5 Å². The molecule has 0 amide bonds. The lowest BCUT2D eigenvalue weighted by atomic mass is 9.89. The molecule has 13 heteroatoms. The predicted molar refractivity (Wildman–Crippen MR) is 146 cm³/mol. The first-order valence-electron chi connectivity index (χ1n) is 14.3. The topological polar surface area (TPSA) is 146 Å². The molecule has 1 saturated carbocycles. The molecule has 0 radical (unpaired) electrons. The van der Waals surface area contributed by atoms with Gasteiger partial charge < -0.3 is 18.9 Å². The fourth-order valence-corrected chi connectivity index (χ4v) is 6.30. The number of carbonyl (C=O) groups excluding carboxylic acids is 4. The molecule has 12 nitrogen and oxygen atoms in total. The summed E-state index contributed by atoms with van der Waals surface area (Å²) in [6.45, 7) is 6.64. The van der Waals surface area contributed by atoms with E-state index in [0.29, 0.717) is 25.6 Å². The molecule has 2 rings (SSSR count). The lowest BCUT2D eigenvalue weighted by Gasteiger charge is -2.46. The highest BCUT2D eigenvalue weighted by Crippen LogP contribution is 2.28. The van der Waals surface area contributed by atoms with Crippen LogP contribution in [0.4, 0.5) is 0 Å². The van der Waals surface area contributed by atoms with Crippen LogP contribution in [0.1, 0.15) is 85.5 Å². The van der Waals surface area contributed by atoms with E-state index in [-0.39, 0.29) is 13.2 Å². The molecular formula is C27H46N2O10S. The molecule has 0 spiro atoms. The van der Waals surface area contributed by atoms with Crippen LogP contribution in [0.2, 0.25) is 0 Å². The molecule has 0 N–H and O–H groups in total. The summed E-state index contributed by atoms with van der Waals surface area (Å²) in [5.41, 5.74) is 0. The molecule has 0 aromatic heterocycles. The van der Waals surface area contributed by atoms with E-state index in [1.54, 1.807) is 4.31 Å². The SMILES string of the molecule is CC(=O)OCC1C(OC(C)=O)C(OC(C)=O)[C@@H](OC(C)=O)CN1CCCCCCN(CC1CCCCC1)[SH](=O)=O. The summed E-state index contributed by atoms with van der Waals surface area (Å²) in [4.78, 5) is 49.2. The number of likely N-dealkylation sites (tertiary alicyclic amines) is 1. The molecule has 3 unspecified atom stereocenters. The van der Waals surface area contributed by atoms with Gasteiger partial charge >= 0.3 is 23.9 Å². The van der Waals surface area contributed by atoms with Gasteiger partial charge in [0.1, 0.15) is 6.61 Å². The molecule has 0 aromatic rings. The van der Waals surface area contributed by atoms with Crippen LogP contribution < -0.4 is 0 Å². The van der Waals surface area contributed by atoms with Crippen LogP contribution in [0.25, 0.3) is 0 Å². The molecule has 230 valence electrons. The van der Waals surface area contributed by atoms with E-state index in [2.05, 4.69) is 0 Å². The molecule has 2 aliphatic rings. The van der Waals surface area contributed by atoms with E-state index in [9.17, 15) is 27.6 Å². The number of rotatable bonds is 15. The van der Waals surface area contributed by atoms with Crippen LogP contribution in [-0.4, -0.2) is 98.6 Å². The number of ether oxygens (including phenoxy) is 4. The highest BCUT2D eigenvalue weighted by Gasteiger charge is 2.49. The first-order valence-corrected chi connectivity index (χ1v) is 15.4. The van der Waals surface area contributed by atoms with E-state index in [0.717, 1.165) is 38.5 Å². The molecule has 1 heterocycles. The van der Waals surface area contributed by atoms with Gasteiger partial charge in [0.05, 0.1) is 6.04 Å². The number of hydrogen-bond acceptors (Lipinski definition) is 11. The average molecular weight is 591 g/mol. The molecule has 1 saturated heterocycles. The Bertz CT molecular complexity index is 913. The molecule has 1 aliphatic carbocycles. The Kier molecular flexibility index (Phi) is 14.9. The van der Waals surface area contributed by atoms with Gasteiger partial charge in [0, 0.05) is 47.3 Å². The lowest BCUT2D eigenvalue weighted by molar-refractivity contribution is -0.207. The fourth-order valence-electron chi connectivity index (χ4n) is 5.63. The molecule has 0 bridgehead atoms. The van der Waals surface area contributed by atoms with E-state index < -0.39 is 59.1 Å². The van der Waals surface area contributed by atoms with Crippen molar-refractivity contribution in [3.8, 4) is 0 Å². The summed E-state index contributed by atoms with van der Waals surface area (Å²) >= 11 is 0. The maximum Gasteiger partial charge on any atom is 0.303 e. The standard InChI is InChI=1S/C27H46N2O10S/c1-19(30)36-18-24-26(38-21(3)32)27(39-22(4)33)25(37-20(2)31)17-28(24)14-10-5-6-11-15-29(40(34)35)16-23-12-8-7-9-13-23/h23-27,40H,5-18H2,1-4H3/t24?,25-,26?,27?/m0/s1. The number of carbonyl (C=O) groups is 4. The van der Waals surface area contributed by atoms with Gasteiger partial charge in [0.25, 0.3) is 0 Å². The zero-order valence-corrected chi connectivity index (χ0v) is 25.1. The summed E-state index contributed by atoms with van der Waals surface area (Å²) in [6.07, 6.45) is 5.86. The van der Waals surface area contributed by atoms with Gasteiger partial charge in [-0.1, -0.05) is 32.1 Å². The Labute approximate surface area is 239 Å². The Hall–Kier alpha value is -2.25. The maximum atomic E-state index is 12.0. The number of thiol groups is 1. The van der Waals surface area contributed by atoms with Gasteiger partial charge in [0.2, 0.25) is 10.9 Å². The van der Waals surface area contributed by atoms with Gasteiger partial charge in [0.15, 0.2) is 18.3 Å². The van der Waals surface area contributed by atoms with Gasteiger partial charge in [-0.25, -0.2) is 12.7 Å². The summed E-state index contributed by atoms with van der Waals surface area (Å²) in [5, 5.41) is 0. The average Bonchev–Trinajstić information content (AvgIpc) is 2.86. The number of unbranched alkanes of at least 4 members (excludes halogenated alkanes) is 3. The zero-order valence-electron chi connectivity index (χ0n) is 24.2. The first-order chi connectivity index (χ1) is 19.0. The van der Waals surface area contributed by atoms with Crippen LogP contribution >= 0.6 is 0 Å². The van der Waals surface area contributed by atoms with Gasteiger partial charge in [-0.3, -0.25) is 24.1 Å². The first kappa shape index (κ1) is 34.0. The van der Waals surface area contributed by atoms with Crippen LogP contribution in [0.15, 0.2) is 0 Å². The summed E-state index contributed by atoms with van der Waals surface area (Å²) < 4.78 is 46.8. The molecule has 2 fully saturated rings. The predicted octanol–water partition coefficient (Wildman–Crippen LogP) is 2.00. The van der Waals surface area contributed by atoms with Gasteiger partial charge in [-0.05, 0) is 38.1 Å². The normalized spacial score (nSPS) is 24.1. The van der Waals surface area contributed by atoms with Gasteiger partial charge in [-0.2, -0.15) is 0 Å². The Morgan fingerprint density at radius 1 is 0.775 bits per heavy atom. The lowest BCUT2D eigenvalue weighted by Crippen LogP contribution is -2.65. The smallest absolute Gasteiger partial charge is 0.303 e. The van der Waals surface area contributed by atoms with E-state index in [4.69, 9.17) is 18.9 Å². The minimum absolute atomic E-state index is 0.107. The summed E-state index contributed by atoms with van der Waals surface area (Å²) in [5.74, 6) is -1.89. The number of hydrogen-bond donors (Lipinski definition) is 1. The van der Waals surface area contributed by atoms with Crippen molar-refractivity contribution in [2.75, 3.05) is 32.8 Å². The number of piperidine rings is 1. The third-order valence-corrected chi connectivity index (χ3v) is 8.19. The zero-order chi connectivity index (χ0) is 29.7. The largest absolute Gasteiger partial charge is 0.464 e. The molecule has 40 heavy (non-hydrogen) atoms. The van der Waals surface area contributed by atoms with Crippen molar-refractivity contribution in [1.29, 1.82) is 0 Å². The van der Waals surface area contributed by atoms with Crippen molar-refractivity contribution in [2.24, 2.45) is 5.92 Å². The number of esters is 4. The second-order valence-corrected chi connectivity index (χ2v) is 11.8.